The first-order chi connectivity index (χ1) is 19.1. The molecule has 0 spiro atoms. The fourth-order valence-electron chi connectivity index (χ4n) is 5.35. The van der Waals surface area contributed by atoms with Crippen LogP contribution in [-0.4, -0.2) is 77.2 Å². The van der Waals surface area contributed by atoms with Crippen molar-refractivity contribution in [1.82, 2.24) is 20.1 Å². The zero-order chi connectivity index (χ0) is 28.9. The topological polar surface area (TPSA) is 101 Å². The van der Waals surface area contributed by atoms with Crippen LogP contribution in [0.3, 0.4) is 0 Å². The van der Waals surface area contributed by atoms with Gasteiger partial charge in [0.1, 0.15) is 11.6 Å². The lowest BCUT2D eigenvalue weighted by molar-refractivity contribution is -0.143. The monoisotopic (exact) mass is 570 g/mol. The van der Waals surface area contributed by atoms with E-state index in [2.05, 4.69) is 16.3 Å². The van der Waals surface area contributed by atoms with Gasteiger partial charge in [0, 0.05) is 43.8 Å². The molecular formula is C30H39ClN4O5. The molecule has 0 bridgehead atoms. The van der Waals surface area contributed by atoms with Gasteiger partial charge in [-0.25, -0.2) is 4.79 Å². The zero-order valence-electron chi connectivity index (χ0n) is 23.7. The van der Waals surface area contributed by atoms with Gasteiger partial charge in [-0.05, 0) is 81.8 Å². The van der Waals surface area contributed by atoms with E-state index >= 15 is 0 Å². The lowest BCUT2D eigenvalue weighted by atomic mass is 9.94. The molecule has 2 unspecified atom stereocenters. The minimum atomic E-state index is -0.662. The molecule has 2 aromatic rings. The number of hydrogen-bond acceptors (Lipinski definition) is 7. The summed E-state index contributed by atoms with van der Waals surface area (Å²) in [5.41, 5.74) is 3.57. The number of aromatic nitrogens is 1. The molecule has 1 fully saturated rings. The Labute approximate surface area is 241 Å². The van der Waals surface area contributed by atoms with Crippen LogP contribution >= 0.6 is 11.6 Å². The Bertz CT molecular complexity index is 1230. The second-order valence-electron chi connectivity index (χ2n) is 11.2. The van der Waals surface area contributed by atoms with Crippen molar-refractivity contribution in [3.63, 3.8) is 0 Å². The number of hydrogen-bond donors (Lipinski definition) is 1. The van der Waals surface area contributed by atoms with Gasteiger partial charge in [0.15, 0.2) is 0 Å². The number of nitrogens with one attached hydrogen (secondary N) is 1. The van der Waals surface area contributed by atoms with Crippen LogP contribution < -0.4 is 5.32 Å². The SMILES string of the molecule is CCOC(=O)CCCNC(=O)C1CN(C(=O)OC(C)(C)C)CCN1C1c2ccc(Cl)cc2CCc2cccnc21. The average Bonchev–Trinajstić information content (AvgIpc) is 3.06. The predicted molar refractivity (Wildman–Crippen MR) is 152 cm³/mol. The number of rotatable bonds is 7. The highest BCUT2D eigenvalue weighted by Crippen LogP contribution is 2.38. The molecule has 9 nitrogen and oxygen atoms in total. The van der Waals surface area contributed by atoms with Crippen LogP contribution in [-0.2, 0) is 31.9 Å². The van der Waals surface area contributed by atoms with Gasteiger partial charge >= 0.3 is 12.1 Å². The van der Waals surface area contributed by atoms with Crippen molar-refractivity contribution >= 4 is 29.6 Å². The summed E-state index contributed by atoms with van der Waals surface area (Å²) in [5.74, 6) is -0.502. The summed E-state index contributed by atoms with van der Waals surface area (Å²) in [6.45, 7) is 8.90. The first kappa shape index (κ1) is 29.8. The predicted octanol–water partition coefficient (Wildman–Crippen LogP) is 4.30. The summed E-state index contributed by atoms with van der Waals surface area (Å²) in [4.78, 5) is 47.1. The van der Waals surface area contributed by atoms with Gasteiger partial charge in [-0.3, -0.25) is 19.5 Å². The van der Waals surface area contributed by atoms with Gasteiger partial charge in [-0.2, -0.15) is 0 Å². The van der Waals surface area contributed by atoms with Crippen LogP contribution in [0, 0.1) is 0 Å². The summed E-state index contributed by atoms with van der Waals surface area (Å²) in [6.07, 6.45) is 3.65. The summed E-state index contributed by atoms with van der Waals surface area (Å²) in [7, 11) is 0. The molecule has 2 atom stereocenters. The van der Waals surface area contributed by atoms with Gasteiger partial charge in [0.05, 0.1) is 18.3 Å². The summed E-state index contributed by atoms with van der Waals surface area (Å²) in [5, 5.41) is 3.66. The van der Waals surface area contributed by atoms with Gasteiger partial charge in [0.25, 0.3) is 0 Å². The smallest absolute Gasteiger partial charge is 0.410 e. The Morgan fingerprint density at radius 3 is 2.65 bits per heavy atom. The Morgan fingerprint density at radius 1 is 1.12 bits per heavy atom. The number of carbonyl (C=O) groups excluding carboxylic acids is 3. The maximum atomic E-state index is 13.7. The minimum absolute atomic E-state index is 0.167. The number of aryl methyl sites for hydroxylation is 2. The van der Waals surface area contributed by atoms with Crippen LogP contribution in [0.4, 0.5) is 4.79 Å². The highest BCUT2D eigenvalue weighted by molar-refractivity contribution is 6.30. The van der Waals surface area contributed by atoms with Crippen molar-refractivity contribution in [3.05, 3.63) is 63.9 Å². The van der Waals surface area contributed by atoms with Crippen LogP contribution in [0.25, 0.3) is 0 Å². The molecule has 0 radical (unpaired) electrons. The van der Waals surface area contributed by atoms with E-state index in [-0.39, 0.29) is 30.9 Å². The van der Waals surface area contributed by atoms with Crippen LogP contribution in [0.2, 0.25) is 5.02 Å². The molecule has 2 amide bonds. The number of benzene rings is 1. The molecule has 0 saturated carbocycles. The van der Waals surface area contributed by atoms with Gasteiger partial charge in [-0.1, -0.05) is 23.7 Å². The Kier molecular flexibility index (Phi) is 9.68. The molecule has 1 N–H and O–H groups in total. The molecule has 1 aliphatic heterocycles. The number of ether oxygens (including phenoxy) is 2. The molecule has 1 aliphatic carbocycles. The Balaban J connectivity index is 1.64. The van der Waals surface area contributed by atoms with E-state index in [1.165, 1.54) is 0 Å². The standard InChI is InChI=1S/C30H39ClN4O5/c1-5-39-25(36)9-7-15-33-28(37)24-19-34(29(38)40-30(2,3)4)16-17-35(24)27-23-13-12-22(31)18-21(23)11-10-20-8-6-14-32-26(20)27/h6,8,12-14,18,24,27H,5,7,9-11,15-17,19H2,1-4H3,(H,33,37). The fraction of sp³-hybridized carbons (Fsp3) is 0.533. The van der Waals surface area contributed by atoms with Crippen LogP contribution in [0.1, 0.15) is 69.0 Å². The molecule has 1 saturated heterocycles. The second-order valence-corrected chi connectivity index (χ2v) is 11.6. The van der Waals surface area contributed by atoms with Gasteiger partial charge in [-0.15, -0.1) is 0 Å². The van der Waals surface area contributed by atoms with E-state index < -0.39 is 17.7 Å². The number of piperazine rings is 1. The number of esters is 1. The van der Waals surface area contributed by atoms with E-state index in [0.29, 0.717) is 37.7 Å². The lowest BCUT2D eigenvalue weighted by Gasteiger charge is -2.44. The zero-order valence-corrected chi connectivity index (χ0v) is 24.5. The van der Waals surface area contributed by atoms with Crippen LogP contribution in [0.5, 0.6) is 0 Å². The minimum Gasteiger partial charge on any atom is -0.466 e. The third-order valence-corrected chi connectivity index (χ3v) is 7.35. The summed E-state index contributed by atoms with van der Waals surface area (Å²) in [6, 6.07) is 8.98. The quantitative estimate of drug-likeness (QED) is 0.391. The number of amides is 2. The summed E-state index contributed by atoms with van der Waals surface area (Å²) < 4.78 is 10.6. The lowest BCUT2D eigenvalue weighted by Crippen LogP contribution is -2.61. The van der Waals surface area contributed by atoms with Gasteiger partial charge in [0.2, 0.25) is 5.91 Å². The van der Waals surface area contributed by atoms with Gasteiger partial charge < -0.3 is 19.7 Å². The van der Waals surface area contributed by atoms with Crippen molar-refractivity contribution in [1.29, 1.82) is 0 Å². The fourth-order valence-corrected chi connectivity index (χ4v) is 5.54. The third kappa shape index (κ3) is 7.31. The summed E-state index contributed by atoms with van der Waals surface area (Å²) >= 11 is 6.39. The van der Waals surface area contributed by atoms with E-state index in [9.17, 15) is 14.4 Å². The average molecular weight is 571 g/mol. The van der Waals surface area contributed by atoms with E-state index in [1.807, 2.05) is 45.0 Å². The van der Waals surface area contributed by atoms with Crippen LogP contribution in [0.15, 0.2) is 36.5 Å². The van der Waals surface area contributed by atoms with Crippen molar-refractivity contribution in [2.75, 3.05) is 32.8 Å². The van der Waals surface area contributed by atoms with Crippen molar-refractivity contribution < 1.29 is 23.9 Å². The molecule has 2 aliphatic rings. The highest BCUT2D eigenvalue weighted by Gasteiger charge is 2.42. The second kappa shape index (κ2) is 13.0. The maximum Gasteiger partial charge on any atom is 0.410 e. The number of halogens is 1. The van der Waals surface area contributed by atoms with Crippen molar-refractivity contribution in [2.24, 2.45) is 0 Å². The molecular weight excluding hydrogens is 532 g/mol. The molecule has 216 valence electrons. The first-order valence-corrected chi connectivity index (χ1v) is 14.3. The Hall–Kier alpha value is -3.17. The largest absolute Gasteiger partial charge is 0.466 e. The molecule has 40 heavy (non-hydrogen) atoms. The van der Waals surface area contributed by atoms with Crippen molar-refractivity contribution in [2.45, 2.75) is 71.1 Å². The maximum absolute atomic E-state index is 13.7. The number of pyridine rings is 1. The molecule has 4 rings (SSSR count). The van der Waals surface area contributed by atoms with Crippen molar-refractivity contribution in [3.8, 4) is 0 Å². The number of fused-ring (bicyclic) bond motifs is 2. The van der Waals surface area contributed by atoms with E-state index in [1.54, 1.807) is 18.0 Å². The number of nitrogens with zero attached hydrogens (tertiary/aromatic N) is 3. The molecule has 2 heterocycles. The molecule has 1 aromatic heterocycles. The third-order valence-electron chi connectivity index (χ3n) is 7.12. The van der Waals surface area contributed by atoms with E-state index in [4.69, 9.17) is 26.1 Å². The Morgan fingerprint density at radius 2 is 1.90 bits per heavy atom. The molecule has 10 heteroatoms. The number of carbonyl (C=O) groups is 3. The molecule has 1 aromatic carbocycles. The first-order valence-electron chi connectivity index (χ1n) is 14.0. The normalized spacial score (nSPS) is 19.2. The highest BCUT2D eigenvalue weighted by atomic mass is 35.5. The van der Waals surface area contributed by atoms with E-state index in [0.717, 1.165) is 35.2 Å².